The number of rotatable bonds is 11. The molecule has 0 saturated carbocycles. The third-order valence-corrected chi connectivity index (χ3v) is 11.5. The van der Waals surface area contributed by atoms with Gasteiger partial charge in [0.1, 0.15) is 36.6 Å². The van der Waals surface area contributed by atoms with Crippen LogP contribution in [0.25, 0.3) is 22.3 Å². The average molecular weight is 996 g/mol. The van der Waals surface area contributed by atoms with Gasteiger partial charge in [0, 0.05) is 74.8 Å². The fraction of sp³-hybridized carbons (Fsp3) is 0.378. The van der Waals surface area contributed by atoms with Crippen LogP contribution in [-0.2, 0) is 16.0 Å². The number of ether oxygens (including phenoxy) is 4. The van der Waals surface area contributed by atoms with E-state index >= 15 is 0 Å². The van der Waals surface area contributed by atoms with Crippen molar-refractivity contribution < 1.29 is 37.9 Å². The number of nitrogens with two attached hydrogens (primary N) is 2. The van der Waals surface area contributed by atoms with Crippen LogP contribution in [0.1, 0.15) is 77.3 Å². The van der Waals surface area contributed by atoms with Crippen LogP contribution < -0.4 is 26.3 Å². The van der Waals surface area contributed by atoms with Crippen molar-refractivity contribution in [3.05, 3.63) is 116 Å². The number of hydrogen-bond acceptors (Lipinski definition) is 13. The minimum atomic E-state index is -2.27. The van der Waals surface area contributed by atoms with Crippen molar-refractivity contribution in [1.82, 2.24) is 34.8 Å². The quantitative estimate of drug-likeness (QED) is 0.0607. The van der Waals surface area contributed by atoms with Gasteiger partial charge in [-0.1, -0.05) is 74.1 Å². The van der Waals surface area contributed by atoms with Gasteiger partial charge in [0.05, 0.1) is 41.6 Å². The number of nitrogen functional groups attached to an aromatic ring is 2. The third kappa shape index (κ3) is 13.0. The lowest BCUT2D eigenvalue weighted by molar-refractivity contribution is -0.390. The summed E-state index contributed by atoms with van der Waals surface area (Å²) < 4.78 is 53.5. The van der Waals surface area contributed by atoms with Gasteiger partial charge in [-0.05, 0) is 63.2 Å². The van der Waals surface area contributed by atoms with E-state index in [9.17, 15) is 19.0 Å². The molecule has 2 fully saturated rings. The Morgan fingerprint density at radius 1 is 0.788 bits per heavy atom. The summed E-state index contributed by atoms with van der Waals surface area (Å²) in [5.74, 6) is -2.43. The minimum Gasteiger partial charge on any atom is -0.482 e. The number of benzene rings is 2. The molecule has 6 aromatic rings. The molecule has 4 unspecified atom stereocenters. The molecule has 0 radical (unpaired) electrons. The smallest absolute Gasteiger partial charge is 0.302 e. The second kappa shape index (κ2) is 23.8. The van der Waals surface area contributed by atoms with E-state index in [1.807, 2.05) is 38.6 Å². The summed E-state index contributed by atoms with van der Waals surface area (Å²) in [5.41, 5.74) is 15.8. The first-order valence-corrected chi connectivity index (χ1v) is 22.7. The van der Waals surface area contributed by atoms with Crippen molar-refractivity contribution in [2.75, 3.05) is 37.8 Å². The number of anilines is 2. The van der Waals surface area contributed by atoms with Crippen molar-refractivity contribution in [3.63, 3.8) is 0 Å². The third-order valence-electron chi connectivity index (χ3n) is 10.1. The number of aliphatic hydroxyl groups is 2. The van der Waals surface area contributed by atoms with Crippen LogP contribution in [-0.4, -0.2) is 78.1 Å². The first-order chi connectivity index (χ1) is 31.6. The van der Waals surface area contributed by atoms with Crippen LogP contribution in [0.3, 0.4) is 0 Å². The molecule has 2 aliphatic heterocycles. The second-order valence-corrected chi connectivity index (χ2v) is 16.1. The van der Waals surface area contributed by atoms with Crippen molar-refractivity contribution in [3.8, 4) is 33.8 Å². The predicted molar refractivity (Wildman–Crippen MR) is 253 cm³/mol. The zero-order valence-electron chi connectivity index (χ0n) is 37.1. The van der Waals surface area contributed by atoms with Gasteiger partial charge in [0.25, 0.3) is 0 Å². The number of nitrogens with zero attached hydrogens (tertiary/aromatic N) is 6. The van der Waals surface area contributed by atoms with Gasteiger partial charge < -0.3 is 45.9 Å². The summed E-state index contributed by atoms with van der Waals surface area (Å²) in [7, 11) is 0. The molecule has 2 aromatic carbocycles. The molecule has 6 heterocycles. The highest BCUT2D eigenvalue weighted by Gasteiger charge is 2.33. The highest BCUT2D eigenvalue weighted by atomic mass is 35.5. The fourth-order valence-corrected chi connectivity index (χ4v) is 8.12. The molecule has 0 bridgehead atoms. The molecule has 7 N–H and O–H groups in total. The molecule has 2 saturated heterocycles. The van der Waals surface area contributed by atoms with E-state index in [1.54, 1.807) is 61.6 Å². The highest BCUT2D eigenvalue weighted by molar-refractivity contribution is 6.36. The summed E-state index contributed by atoms with van der Waals surface area (Å²) in [6.07, 6.45) is 9.74. The largest absolute Gasteiger partial charge is 0.482 e. The van der Waals surface area contributed by atoms with Gasteiger partial charge in [0.15, 0.2) is 23.1 Å². The van der Waals surface area contributed by atoms with Gasteiger partial charge >= 0.3 is 5.97 Å². The van der Waals surface area contributed by atoms with Crippen molar-refractivity contribution >= 4 is 58.0 Å². The summed E-state index contributed by atoms with van der Waals surface area (Å²) >= 11 is 24.6. The Morgan fingerprint density at radius 3 is 1.79 bits per heavy atom. The second-order valence-electron chi connectivity index (χ2n) is 14.5. The van der Waals surface area contributed by atoms with E-state index < -0.39 is 35.9 Å². The van der Waals surface area contributed by atoms with E-state index in [0.29, 0.717) is 40.0 Å². The number of nitrogens with one attached hydrogen (secondary N) is 1. The average Bonchev–Trinajstić information content (AvgIpc) is 4.12. The molecule has 4 atom stereocenters. The highest BCUT2D eigenvalue weighted by Crippen LogP contribution is 2.39. The molecule has 66 heavy (non-hydrogen) atoms. The lowest BCUT2D eigenvalue weighted by Gasteiger charge is -2.31. The molecule has 15 nitrogen and oxygen atoms in total. The van der Waals surface area contributed by atoms with Gasteiger partial charge in [0.2, 0.25) is 0 Å². The molecular weight excluding hydrogens is 942 g/mol. The molecule has 0 amide bonds. The normalized spacial score (nSPS) is 17.2. The molecule has 0 spiro atoms. The minimum absolute atomic E-state index is 0.00664. The maximum absolute atomic E-state index is 13.9. The molecule has 21 heteroatoms. The number of pyridine rings is 2. The van der Waals surface area contributed by atoms with E-state index in [1.165, 1.54) is 24.3 Å². The molecule has 2 aliphatic rings. The van der Waals surface area contributed by atoms with Gasteiger partial charge in [-0.2, -0.15) is 10.2 Å². The van der Waals surface area contributed by atoms with E-state index in [2.05, 4.69) is 25.5 Å². The molecule has 356 valence electrons. The number of aromatic nitrogens is 6. The maximum atomic E-state index is 13.9. The number of hydrogen-bond donors (Lipinski definition) is 5. The zero-order chi connectivity index (χ0) is 48.3. The fourth-order valence-electron chi connectivity index (χ4n) is 6.77. The molecule has 0 aliphatic carbocycles. The van der Waals surface area contributed by atoms with E-state index in [-0.39, 0.29) is 45.7 Å². The Kier molecular flexibility index (Phi) is 18.8. The van der Waals surface area contributed by atoms with Crippen LogP contribution in [0.5, 0.6) is 11.5 Å². The van der Waals surface area contributed by atoms with Gasteiger partial charge in [-0.3, -0.25) is 9.36 Å². The maximum Gasteiger partial charge on any atom is 0.302 e. The van der Waals surface area contributed by atoms with Crippen molar-refractivity contribution in [2.24, 2.45) is 0 Å². The topological polar surface area (TPSA) is 203 Å². The monoisotopic (exact) mass is 993 g/mol. The zero-order valence-corrected chi connectivity index (χ0v) is 40.1. The van der Waals surface area contributed by atoms with Crippen molar-refractivity contribution in [1.29, 1.82) is 0 Å². The van der Waals surface area contributed by atoms with Crippen LogP contribution in [0.2, 0.25) is 20.1 Å². The standard InChI is InChI=1S/C21H21Cl2FN4O5.C20H20Cl2FN5O.2C2H6/c1-11(18-15(22)2-3-16(24)19(18)23)33-17-4-12(5-26-20(17)25)13-6-27-28(7-13)8-14-9-32-21(29,30)10-31-14;1-11(18-15(21)2-3-16(23)19(18)22)29-17-6-12(7-26-20(17)24)13-8-27-28(10-13)14-4-5-25-9-14;2*1-2/h2-7,11,14,29-30H,8-10H2,1H3,(H2,25,26);2-3,6-8,10-11,14,25H,4-5,9H2,1H3,(H2,24,26);2*1-2H3. The summed E-state index contributed by atoms with van der Waals surface area (Å²) in [6.45, 7) is 13.3. The lowest BCUT2D eigenvalue weighted by atomic mass is 10.1. The van der Waals surface area contributed by atoms with Crippen LogP contribution in [0.15, 0.2) is 73.6 Å². The van der Waals surface area contributed by atoms with Gasteiger partial charge in [-0.15, -0.1) is 0 Å². The Hall–Kier alpha value is -4.82. The van der Waals surface area contributed by atoms with Crippen LogP contribution in [0.4, 0.5) is 20.4 Å². The molecule has 8 rings (SSSR count). The van der Waals surface area contributed by atoms with Crippen LogP contribution in [0, 0.1) is 11.6 Å². The summed E-state index contributed by atoms with van der Waals surface area (Å²) in [4.78, 5) is 8.42. The summed E-state index contributed by atoms with van der Waals surface area (Å²) in [5, 5.41) is 31.2. The van der Waals surface area contributed by atoms with Crippen LogP contribution >= 0.6 is 46.4 Å². The lowest BCUT2D eigenvalue weighted by Crippen LogP contribution is -2.47. The Balaban J connectivity index is 0.000000232. The SMILES string of the molecule is CC.CC.CC(Oc1cc(-c2cnn(C3CCNC3)c2)cnc1N)c1c(Cl)ccc(F)c1Cl.CC(Oc1cc(-c2cnn(CC3COC(O)(O)CO3)c2)cnc1N)c1c(Cl)ccc(F)c1Cl. The summed E-state index contributed by atoms with van der Waals surface area (Å²) in [6, 6.07) is 9.08. The predicted octanol–water partition coefficient (Wildman–Crippen LogP) is 9.87. The van der Waals surface area contributed by atoms with Crippen molar-refractivity contribution in [2.45, 2.75) is 84.8 Å². The number of halogens is 6. The van der Waals surface area contributed by atoms with Gasteiger partial charge in [-0.25, -0.2) is 18.7 Å². The first kappa shape index (κ1) is 52.2. The first-order valence-electron chi connectivity index (χ1n) is 21.2. The Bertz CT molecular complexity index is 2530. The molecular formula is C45H53Cl4F2N9O6. The Morgan fingerprint density at radius 2 is 1.30 bits per heavy atom. The van der Waals surface area contributed by atoms with E-state index in [4.69, 9.17) is 76.8 Å². The van der Waals surface area contributed by atoms with E-state index in [0.717, 1.165) is 36.2 Å². The Labute approximate surface area is 401 Å². The molecule has 4 aromatic heterocycles.